The molecule has 0 amide bonds. The summed E-state index contributed by atoms with van der Waals surface area (Å²) >= 11 is 0. The van der Waals surface area contributed by atoms with Gasteiger partial charge in [-0.15, -0.1) is 0 Å². The quantitative estimate of drug-likeness (QED) is 0.867. The van der Waals surface area contributed by atoms with Crippen LogP contribution >= 0.6 is 0 Å². The molecule has 1 aromatic carbocycles. The van der Waals surface area contributed by atoms with Crippen molar-refractivity contribution in [3.8, 4) is 0 Å². The van der Waals surface area contributed by atoms with Crippen LogP contribution in [-0.2, 0) is 0 Å². The van der Waals surface area contributed by atoms with Crippen LogP contribution in [0.5, 0.6) is 0 Å². The first kappa shape index (κ1) is 11.2. The number of anilines is 1. The van der Waals surface area contributed by atoms with Crippen molar-refractivity contribution >= 4 is 5.69 Å². The summed E-state index contributed by atoms with van der Waals surface area (Å²) in [5.41, 5.74) is 9.31. The average Bonchev–Trinajstić information content (AvgIpc) is 3.23. The topological polar surface area (TPSA) is 59.1 Å². The van der Waals surface area contributed by atoms with Gasteiger partial charge >= 0.3 is 0 Å². The van der Waals surface area contributed by atoms with E-state index in [0.29, 0.717) is 11.3 Å². The number of aliphatic hydroxyl groups is 1. The maximum atomic E-state index is 10.3. The summed E-state index contributed by atoms with van der Waals surface area (Å²) in [6.07, 6.45) is 5.12. The number of nitrogens with zero attached hydrogens (tertiary/aromatic N) is 1. The highest BCUT2D eigenvalue weighted by Gasteiger charge is 2.23. The Morgan fingerprint density at radius 2 is 1.89 bits per heavy atom. The van der Waals surface area contributed by atoms with Crippen LogP contribution in [0.15, 0.2) is 42.7 Å². The molecule has 3 nitrogen and oxygen atoms in total. The minimum Gasteiger partial charge on any atom is -0.398 e. The second kappa shape index (κ2) is 4.42. The maximum Gasteiger partial charge on any atom is 0.108 e. The molecule has 18 heavy (non-hydrogen) atoms. The molecule has 92 valence electrons. The summed E-state index contributed by atoms with van der Waals surface area (Å²) in [5.74, 6) is 0.736. The normalized spacial score (nSPS) is 16.5. The van der Waals surface area contributed by atoms with Crippen molar-refractivity contribution < 1.29 is 5.11 Å². The first-order valence-corrected chi connectivity index (χ1v) is 6.23. The van der Waals surface area contributed by atoms with Gasteiger partial charge in [0, 0.05) is 23.6 Å². The number of pyridine rings is 1. The van der Waals surface area contributed by atoms with Gasteiger partial charge in [-0.1, -0.05) is 24.3 Å². The zero-order chi connectivity index (χ0) is 12.5. The Kier molecular flexibility index (Phi) is 2.76. The summed E-state index contributed by atoms with van der Waals surface area (Å²) < 4.78 is 0. The highest BCUT2D eigenvalue weighted by molar-refractivity contribution is 5.48. The molecule has 1 unspecified atom stereocenters. The smallest absolute Gasteiger partial charge is 0.108 e. The number of benzene rings is 1. The third-order valence-electron chi connectivity index (χ3n) is 3.48. The lowest BCUT2D eigenvalue weighted by Gasteiger charge is -2.13. The van der Waals surface area contributed by atoms with Crippen LogP contribution in [-0.4, -0.2) is 10.1 Å². The number of aromatic nitrogens is 1. The SMILES string of the molecule is Nc1ccncc1C(O)c1ccc(C2CC2)cc1. The zero-order valence-electron chi connectivity index (χ0n) is 10.1. The molecule has 1 aromatic heterocycles. The van der Waals surface area contributed by atoms with E-state index in [9.17, 15) is 5.11 Å². The second-order valence-electron chi connectivity index (χ2n) is 4.85. The van der Waals surface area contributed by atoms with Crippen LogP contribution in [0.1, 0.15) is 41.6 Å². The molecule has 3 heteroatoms. The van der Waals surface area contributed by atoms with Crippen LogP contribution in [0, 0.1) is 0 Å². The molecule has 1 aliphatic rings. The van der Waals surface area contributed by atoms with Crippen molar-refractivity contribution in [2.75, 3.05) is 5.73 Å². The van der Waals surface area contributed by atoms with Crippen molar-refractivity contribution in [3.05, 3.63) is 59.4 Å². The third-order valence-corrected chi connectivity index (χ3v) is 3.48. The van der Waals surface area contributed by atoms with Crippen molar-refractivity contribution in [2.45, 2.75) is 24.9 Å². The van der Waals surface area contributed by atoms with Gasteiger partial charge in [0.2, 0.25) is 0 Å². The third kappa shape index (κ3) is 2.09. The van der Waals surface area contributed by atoms with Gasteiger partial charge in [0.15, 0.2) is 0 Å². The molecule has 2 aromatic rings. The molecule has 1 atom stereocenters. The van der Waals surface area contributed by atoms with E-state index in [4.69, 9.17) is 5.73 Å². The number of aliphatic hydroxyl groups excluding tert-OH is 1. The lowest BCUT2D eigenvalue weighted by atomic mass is 9.99. The lowest BCUT2D eigenvalue weighted by molar-refractivity contribution is 0.220. The highest BCUT2D eigenvalue weighted by Crippen LogP contribution is 2.40. The number of rotatable bonds is 3. The molecule has 1 heterocycles. The Hall–Kier alpha value is -1.87. The molecule has 1 fully saturated rings. The predicted octanol–water partition coefficient (Wildman–Crippen LogP) is 2.62. The van der Waals surface area contributed by atoms with Gasteiger partial charge in [-0.25, -0.2) is 0 Å². The largest absolute Gasteiger partial charge is 0.398 e. The molecule has 1 aliphatic carbocycles. The molecule has 3 rings (SSSR count). The Labute approximate surface area is 106 Å². The van der Waals surface area contributed by atoms with Crippen molar-refractivity contribution in [2.24, 2.45) is 0 Å². The zero-order valence-corrected chi connectivity index (χ0v) is 10.1. The lowest BCUT2D eigenvalue weighted by Crippen LogP contribution is -2.04. The molecular formula is C15H16N2O. The molecule has 0 spiro atoms. The summed E-state index contributed by atoms with van der Waals surface area (Å²) in [4.78, 5) is 4.01. The molecule has 0 aliphatic heterocycles. The molecular weight excluding hydrogens is 224 g/mol. The van der Waals surface area contributed by atoms with E-state index < -0.39 is 6.10 Å². The molecule has 0 bridgehead atoms. The van der Waals surface area contributed by atoms with Crippen LogP contribution in [0.4, 0.5) is 5.69 Å². The first-order chi connectivity index (χ1) is 8.75. The van der Waals surface area contributed by atoms with Crippen LogP contribution in [0.2, 0.25) is 0 Å². The van der Waals surface area contributed by atoms with E-state index in [1.165, 1.54) is 18.4 Å². The average molecular weight is 240 g/mol. The van der Waals surface area contributed by atoms with Gasteiger partial charge in [-0.3, -0.25) is 4.98 Å². The van der Waals surface area contributed by atoms with Gasteiger partial charge < -0.3 is 10.8 Å². The highest BCUT2D eigenvalue weighted by atomic mass is 16.3. The Morgan fingerprint density at radius 1 is 1.17 bits per heavy atom. The van der Waals surface area contributed by atoms with Gasteiger partial charge in [0.1, 0.15) is 6.10 Å². The summed E-state index contributed by atoms with van der Waals surface area (Å²) in [6, 6.07) is 9.86. The van der Waals surface area contributed by atoms with Crippen LogP contribution in [0.25, 0.3) is 0 Å². The number of nitrogen functional groups attached to an aromatic ring is 1. The van der Waals surface area contributed by atoms with Crippen molar-refractivity contribution in [1.29, 1.82) is 0 Å². The molecule has 0 saturated heterocycles. The van der Waals surface area contributed by atoms with E-state index in [1.54, 1.807) is 18.5 Å². The van der Waals surface area contributed by atoms with Crippen LogP contribution in [0.3, 0.4) is 0 Å². The van der Waals surface area contributed by atoms with E-state index in [0.717, 1.165) is 11.5 Å². The minimum atomic E-state index is -0.702. The van der Waals surface area contributed by atoms with E-state index in [2.05, 4.69) is 17.1 Å². The van der Waals surface area contributed by atoms with Gasteiger partial charge in [0.25, 0.3) is 0 Å². The fraction of sp³-hybridized carbons (Fsp3) is 0.267. The first-order valence-electron chi connectivity index (χ1n) is 6.23. The van der Waals surface area contributed by atoms with Gasteiger partial charge in [0.05, 0.1) is 0 Å². The summed E-state index contributed by atoms with van der Waals surface area (Å²) in [5, 5.41) is 10.3. The molecule has 0 radical (unpaired) electrons. The maximum absolute atomic E-state index is 10.3. The Balaban J connectivity index is 1.87. The standard InChI is InChI=1S/C15H16N2O/c16-14-7-8-17-9-13(14)15(18)12-5-3-11(4-6-12)10-1-2-10/h3-10,15,18H,1-2H2,(H2,16,17). The predicted molar refractivity (Wildman–Crippen MR) is 71.1 cm³/mol. The number of hydrogen-bond donors (Lipinski definition) is 2. The van der Waals surface area contributed by atoms with E-state index in [1.807, 2.05) is 12.1 Å². The molecule has 1 saturated carbocycles. The van der Waals surface area contributed by atoms with Crippen molar-refractivity contribution in [1.82, 2.24) is 4.98 Å². The van der Waals surface area contributed by atoms with Crippen molar-refractivity contribution in [3.63, 3.8) is 0 Å². The minimum absolute atomic E-state index is 0.573. The monoisotopic (exact) mass is 240 g/mol. The van der Waals surface area contributed by atoms with E-state index in [-0.39, 0.29) is 0 Å². The Bertz CT molecular complexity index is 547. The van der Waals surface area contributed by atoms with Gasteiger partial charge in [-0.05, 0) is 36.0 Å². The molecule has 3 N–H and O–H groups in total. The fourth-order valence-electron chi connectivity index (χ4n) is 2.19. The Morgan fingerprint density at radius 3 is 2.50 bits per heavy atom. The fourth-order valence-corrected chi connectivity index (χ4v) is 2.19. The van der Waals surface area contributed by atoms with Gasteiger partial charge in [-0.2, -0.15) is 0 Å². The summed E-state index contributed by atoms with van der Waals surface area (Å²) in [7, 11) is 0. The summed E-state index contributed by atoms with van der Waals surface area (Å²) in [6.45, 7) is 0. The van der Waals surface area contributed by atoms with Crippen LogP contribution < -0.4 is 5.73 Å². The number of hydrogen-bond acceptors (Lipinski definition) is 3. The second-order valence-corrected chi connectivity index (χ2v) is 4.85. The number of nitrogens with two attached hydrogens (primary N) is 1. The van der Waals surface area contributed by atoms with E-state index >= 15 is 0 Å².